The van der Waals surface area contributed by atoms with Gasteiger partial charge in [-0.15, -0.1) is 18.3 Å². The van der Waals surface area contributed by atoms with E-state index in [9.17, 15) is 18.0 Å². The zero-order valence-corrected chi connectivity index (χ0v) is 20.4. The minimum atomic E-state index is -4.77. The van der Waals surface area contributed by atoms with Gasteiger partial charge in [-0.05, 0) is 47.9 Å². The molecule has 3 rings (SSSR count). The molecule has 1 heterocycles. The Morgan fingerprint density at radius 1 is 1.11 bits per heavy atom. The van der Waals surface area contributed by atoms with Gasteiger partial charge in [-0.1, -0.05) is 37.5 Å². The normalized spacial score (nSPS) is 13.1. The summed E-state index contributed by atoms with van der Waals surface area (Å²) in [6, 6.07) is 12.8. The van der Waals surface area contributed by atoms with E-state index in [-0.39, 0.29) is 42.7 Å². The number of nitrogens with zero attached hydrogens (tertiary/aromatic N) is 2. The molecule has 9 nitrogen and oxygen atoms in total. The third-order valence-corrected chi connectivity index (χ3v) is 5.61. The van der Waals surface area contributed by atoms with Gasteiger partial charge >= 0.3 is 18.4 Å². The monoisotopic (exact) mass is 522 g/mol. The number of hydrogen-bond acceptors (Lipinski definition) is 8. The molecular weight excluding hydrogens is 493 g/mol. The molecule has 2 atom stereocenters. The van der Waals surface area contributed by atoms with Crippen LogP contribution in [0.2, 0.25) is 0 Å². The molecule has 0 spiro atoms. The van der Waals surface area contributed by atoms with Crippen molar-refractivity contribution < 1.29 is 37.0 Å². The summed E-state index contributed by atoms with van der Waals surface area (Å²) >= 11 is 0. The highest BCUT2D eigenvalue weighted by Gasteiger charge is 2.31. The summed E-state index contributed by atoms with van der Waals surface area (Å²) < 4.78 is 52.1. The Hall–Kier alpha value is -3.80. The van der Waals surface area contributed by atoms with Gasteiger partial charge in [0, 0.05) is 24.3 Å². The highest BCUT2D eigenvalue weighted by molar-refractivity contribution is 5.66. The third-order valence-electron chi connectivity index (χ3n) is 5.61. The molecule has 0 radical (unpaired) electrons. The smallest absolute Gasteiger partial charge is 0.481 e. The molecule has 37 heavy (non-hydrogen) atoms. The van der Waals surface area contributed by atoms with Crippen LogP contribution < -0.4 is 20.1 Å². The zero-order valence-electron chi connectivity index (χ0n) is 20.4. The van der Waals surface area contributed by atoms with Crippen molar-refractivity contribution in [3.8, 4) is 23.3 Å². The molecule has 1 unspecified atom stereocenters. The number of hydrogen-bond donors (Lipinski definition) is 3. The number of halogens is 3. The van der Waals surface area contributed by atoms with Gasteiger partial charge in [0.25, 0.3) is 5.89 Å². The Morgan fingerprint density at radius 3 is 2.43 bits per heavy atom. The first-order valence-electron chi connectivity index (χ1n) is 11.7. The van der Waals surface area contributed by atoms with Crippen LogP contribution in [0.5, 0.6) is 11.8 Å². The molecule has 0 bridgehead atoms. The van der Waals surface area contributed by atoms with Crippen molar-refractivity contribution in [3.05, 3.63) is 54.1 Å². The Balaban J connectivity index is 1.55. The largest absolute Gasteiger partial charge is 0.573 e. The Morgan fingerprint density at radius 2 is 1.81 bits per heavy atom. The van der Waals surface area contributed by atoms with Crippen LogP contribution in [0.25, 0.3) is 11.5 Å². The number of benzene rings is 2. The van der Waals surface area contributed by atoms with Crippen LogP contribution in [0.4, 0.5) is 18.9 Å². The average molecular weight is 523 g/mol. The van der Waals surface area contributed by atoms with Crippen LogP contribution in [0.3, 0.4) is 0 Å². The number of anilines is 1. The summed E-state index contributed by atoms with van der Waals surface area (Å²) in [5.41, 5.74) is 2.35. The van der Waals surface area contributed by atoms with Crippen molar-refractivity contribution in [2.75, 3.05) is 18.5 Å². The van der Waals surface area contributed by atoms with E-state index in [2.05, 4.69) is 39.4 Å². The quantitative estimate of drug-likeness (QED) is 0.248. The van der Waals surface area contributed by atoms with Gasteiger partial charge in [0.15, 0.2) is 0 Å². The second kappa shape index (κ2) is 12.9. The van der Waals surface area contributed by atoms with Crippen molar-refractivity contribution >= 4 is 11.7 Å². The molecular formula is C25H29F3N4O5. The maximum absolute atomic E-state index is 12.3. The van der Waals surface area contributed by atoms with Gasteiger partial charge < -0.3 is 29.6 Å². The lowest BCUT2D eigenvalue weighted by molar-refractivity contribution is -0.274. The number of alkyl halides is 3. The lowest BCUT2D eigenvalue weighted by Gasteiger charge is -2.24. The number of nitrogens with one attached hydrogen (secondary N) is 2. The van der Waals surface area contributed by atoms with Crippen LogP contribution in [-0.2, 0) is 11.3 Å². The van der Waals surface area contributed by atoms with E-state index < -0.39 is 12.3 Å². The molecule has 0 aliphatic carbocycles. The lowest BCUT2D eigenvalue weighted by atomic mass is 9.99. The lowest BCUT2D eigenvalue weighted by Crippen LogP contribution is -2.33. The predicted octanol–water partition coefficient (Wildman–Crippen LogP) is 5.11. The van der Waals surface area contributed by atoms with Gasteiger partial charge in [-0.25, -0.2) is 0 Å². The van der Waals surface area contributed by atoms with E-state index in [0.717, 1.165) is 29.8 Å². The van der Waals surface area contributed by atoms with Gasteiger partial charge in [0.1, 0.15) is 12.4 Å². The number of aromatic nitrogens is 2. The fraction of sp³-hybridized carbons (Fsp3) is 0.400. The molecule has 1 aromatic heterocycles. The van der Waals surface area contributed by atoms with Crippen LogP contribution >= 0.6 is 0 Å². The van der Waals surface area contributed by atoms with Crippen molar-refractivity contribution in [2.24, 2.45) is 5.92 Å². The first kappa shape index (κ1) is 27.8. The van der Waals surface area contributed by atoms with Crippen LogP contribution in [0, 0.1) is 5.92 Å². The third kappa shape index (κ3) is 9.30. The second-order valence-corrected chi connectivity index (χ2v) is 8.41. The number of aliphatic carboxylic acids is 1. The Labute approximate surface area is 212 Å². The highest BCUT2D eigenvalue weighted by atomic mass is 19.4. The second-order valence-electron chi connectivity index (χ2n) is 8.41. The maximum atomic E-state index is 12.3. The first-order valence-corrected chi connectivity index (χ1v) is 11.7. The van der Waals surface area contributed by atoms with Gasteiger partial charge in [0.05, 0.1) is 12.5 Å². The maximum Gasteiger partial charge on any atom is 0.573 e. The standard InChI is InChI=1S/C25H29F3N4O5/c1-3-16(2)21(30-19-8-4-17(5-9-19)14-29-13-12-22(33)34)15-35-24-32-31-23(36-24)18-6-10-20(11-7-18)37-25(26,27)28/h4-11,16,21,29-30H,3,12-15H2,1-2H3,(H,33,34)/t16?,21-/m1/s1. The Bertz CT molecular complexity index is 1120. The molecule has 200 valence electrons. The van der Waals surface area contributed by atoms with Crippen molar-refractivity contribution in [3.63, 3.8) is 0 Å². The first-order chi connectivity index (χ1) is 17.6. The van der Waals surface area contributed by atoms with E-state index in [1.165, 1.54) is 12.1 Å². The van der Waals surface area contributed by atoms with Crippen LogP contribution in [0.1, 0.15) is 32.3 Å². The summed E-state index contributed by atoms with van der Waals surface area (Å²) in [7, 11) is 0. The van der Waals surface area contributed by atoms with Gasteiger partial charge in [0.2, 0.25) is 0 Å². The van der Waals surface area contributed by atoms with Crippen LogP contribution in [0.15, 0.2) is 52.9 Å². The van der Waals surface area contributed by atoms with E-state index >= 15 is 0 Å². The molecule has 3 N–H and O–H groups in total. The van der Waals surface area contributed by atoms with E-state index in [0.29, 0.717) is 18.7 Å². The molecule has 0 aliphatic heterocycles. The minimum absolute atomic E-state index is 0.0523. The fourth-order valence-electron chi connectivity index (χ4n) is 3.34. The molecule has 2 aromatic carbocycles. The zero-order chi connectivity index (χ0) is 26.8. The van der Waals surface area contributed by atoms with E-state index in [1.54, 1.807) is 0 Å². The van der Waals surface area contributed by atoms with E-state index in [4.69, 9.17) is 14.3 Å². The van der Waals surface area contributed by atoms with E-state index in [1.807, 2.05) is 24.3 Å². The molecule has 12 heteroatoms. The summed E-state index contributed by atoms with van der Waals surface area (Å²) in [6.07, 6.45) is -3.85. The number of carboxylic acid groups (broad SMARTS) is 1. The number of carboxylic acids is 1. The molecule has 0 fully saturated rings. The summed E-state index contributed by atoms with van der Waals surface area (Å²) in [4.78, 5) is 10.6. The van der Waals surface area contributed by atoms with Gasteiger partial charge in [-0.2, -0.15) is 0 Å². The Kier molecular flexibility index (Phi) is 9.72. The van der Waals surface area contributed by atoms with Gasteiger partial charge in [-0.3, -0.25) is 4.79 Å². The van der Waals surface area contributed by atoms with Crippen molar-refractivity contribution in [1.29, 1.82) is 0 Å². The molecule has 0 saturated heterocycles. The minimum Gasteiger partial charge on any atom is -0.481 e. The SMILES string of the molecule is CCC(C)[C@@H](COc1nnc(-c2ccc(OC(F)(F)F)cc2)o1)Nc1ccc(CNCCC(=O)O)cc1. The summed E-state index contributed by atoms with van der Waals surface area (Å²) in [5.74, 6) is -0.831. The fourth-order valence-corrected chi connectivity index (χ4v) is 3.34. The predicted molar refractivity (Wildman–Crippen MR) is 129 cm³/mol. The number of ether oxygens (including phenoxy) is 2. The average Bonchev–Trinajstić information content (AvgIpc) is 3.33. The summed E-state index contributed by atoms with van der Waals surface area (Å²) in [6.45, 7) is 5.38. The molecule has 0 aliphatic rings. The number of carbonyl (C=O) groups is 1. The number of rotatable bonds is 14. The highest BCUT2D eigenvalue weighted by Crippen LogP contribution is 2.27. The molecule has 0 saturated carbocycles. The van der Waals surface area contributed by atoms with Crippen LogP contribution in [-0.4, -0.2) is 46.8 Å². The topological polar surface area (TPSA) is 119 Å². The summed E-state index contributed by atoms with van der Waals surface area (Å²) in [5, 5.41) is 23.0. The molecule has 3 aromatic rings. The van der Waals surface area contributed by atoms with Crippen molar-refractivity contribution in [1.82, 2.24) is 15.5 Å². The molecule has 0 amide bonds. The van der Waals surface area contributed by atoms with Crippen molar-refractivity contribution in [2.45, 2.75) is 45.6 Å².